The van der Waals surface area contributed by atoms with E-state index >= 15 is 0 Å². The lowest BCUT2D eigenvalue weighted by Crippen LogP contribution is -2.49. The zero-order valence-corrected chi connectivity index (χ0v) is 10.5. The first-order chi connectivity index (χ1) is 7.66. The third-order valence-corrected chi connectivity index (χ3v) is 4.40. The maximum Gasteiger partial charge on any atom is 0.0409 e. The predicted molar refractivity (Wildman–Crippen MR) is 67.9 cm³/mol. The molecule has 1 aromatic carbocycles. The minimum absolute atomic E-state index is 0.384. The first-order valence-corrected chi connectivity index (χ1v) is 6.60. The number of hydrogen-bond donors (Lipinski definition) is 1. The van der Waals surface area contributed by atoms with Crippen molar-refractivity contribution in [1.29, 1.82) is 0 Å². The quantitative estimate of drug-likeness (QED) is 0.821. The van der Waals surface area contributed by atoms with E-state index in [1.165, 1.54) is 43.2 Å². The van der Waals surface area contributed by atoms with Crippen molar-refractivity contribution >= 4 is 11.6 Å². The molecule has 2 aliphatic rings. The van der Waals surface area contributed by atoms with E-state index in [9.17, 15) is 0 Å². The summed E-state index contributed by atoms with van der Waals surface area (Å²) in [6.45, 7) is 2.35. The average molecular weight is 236 g/mol. The number of rotatable bonds is 2. The van der Waals surface area contributed by atoms with E-state index in [1.54, 1.807) is 0 Å². The van der Waals surface area contributed by atoms with Gasteiger partial charge in [-0.1, -0.05) is 17.7 Å². The summed E-state index contributed by atoms with van der Waals surface area (Å²) < 4.78 is 0. The highest BCUT2D eigenvalue weighted by Gasteiger charge is 2.35. The van der Waals surface area contributed by atoms with Crippen molar-refractivity contribution in [3.8, 4) is 0 Å². The van der Waals surface area contributed by atoms with E-state index in [1.807, 2.05) is 6.07 Å². The molecule has 2 heteroatoms. The molecule has 86 valence electrons. The van der Waals surface area contributed by atoms with Gasteiger partial charge in [0.05, 0.1) is 0 Å². The summed E-state index contributed by atoms with van der Waals surface area (Å²) in [6, 6.07) is 6.86. The van der Waals surface area contributed by atoms with Crippen LogP contribution in [0.1, 0.15) is 49.8 Å². The summed E-state index contributed by atoms with van der Waals surface area (Å²) in [5.74, 6) is 0. The first-order valence-electron chi connectivity index (χ1n) is 6.22. The highest BCUT2D eigenvalue weighted by atomic mass is 35.5. The minimum atomic E-state index is 0.384. The summed E-state index contributed by atoms with van der Waals surface area (Å²) >= 11 is 6.08. The van der Waals surface area contributed by atoms with Crippen molar-refractivity contribution < 1.29 is 0 Å². The topological polar surface area (TPSA) is 12.0 Å². The molecule has 0 amide bonds. The Morgan fingerprint density at radius 1 is 1.38 bits per heavy atom. The van der Waals surface area contributed by atoms with Crippen molar-refractivity contribution in [2.45, 2.75) is 50.6 Å². The normalized spacial score (nSPS) is 26.2. The summed E-state index contributed by atoms with van der Waals surface area (Å²) in [7, 11) is 0. The molecule has 0 radical (unpaired) electrons. The fourth-order valence-electron chi connectivity index (χ4n) is 3.00. The molecule has 2 aliphatic carbocycles. The van der Waals surface area contributed by atoms with Gasteiger partial charge >= 0.3 is 0 Å². The van der Waals surface area contributed by atoms with Crippen LogP contribution in [0.15, 0.2) is 18.2 Å². The molecule has 0 heterocycles. The number of aryl methyl sites for hydroxylation is 1. The van der Waals surface area contributed by atoms with Crippen LogP contribution >= 0.6 is 11.6 Å². The van der Waals surface area contributed by atoms with Crippen LogP contribution in [0.5, 0.6) is 0 Å². The van der Waals surface area contributed by atoms with Gasteiger partial charge < -0.3 is 5.32 Å². The lowest BCUT2D eigenvalue weighted by atomic mass is 9.78. The van der Waals surface area contributed by atoms with Crippen LogP contribution in [0.3, 0.4) is 0 Å². The smallest absolute Gasteiger partial charge is 0.0409 e. The van der Waals surface area contributed by atoms with Crippen molar-refractivity contribution in [3.63, 3.8) is 0 Å². The highest BCUT2D eigenvalue weighted by Crippen LogP contribution is 2.39. The maximum atomic E-state index is 6.08. The molecule has 1 fully saturated rings. The average Bonchev–Trinajstić information content (AvgIpc) is 2.59. The maximum absolute atomic E-state index is 6.08. The molecule has 0 aliphatic heterocycles. The van der Waals surface area contributed by atoms with Gasteiger partial charge in [-0.15, -0.1) is 0 Å². The third kappa shape index (κ3) is 1.76. The Kier molecular flexibility index (Phi) is 2.49. The second-order valence-electron chi connectivity index (χ2n) is 5.49. The molecule has 0 spiro atoms. The number of benzene rings is 1. The Morgan fingerprint density at radius 2 is 2.19 bits per heavy atom. The minimum Gasteiger partial charge on any atom is -0.305 e. The molecular formula is C14H18ClN. The van der Waals surface area contributed by atoms with E-state index in [0.717, 1.165) is 5.02 Å². The highest BCUT2D eigenvalue weighted by molar-refractivity contribution is 6.30. The molecule has 1 nitrogen and oxygen atoms in total. The standard InChI is InChI=1S/C14H18ClN/c1-14(7-2-8-14)16-13-6-4-10-3-5-11(15)9-12(10)13/h3,5,9,13,16H,2,4,6-8H2,1H3. The molecule has 1 N–H and O–H groups in total. The lowest BCUT2D eigenvalue weighted by molar-refractivity contribution is 0.185. The Morgan fingerprint density at radius 3 is 2.88 bits per heavy atom. The first kappa shape index (κ1) is 10.6. The van der Waals surface area contributed by atoms with Gasteiger partial charge in [-0.25, -0.2) is 0 Å². The van der Waals surface area contributed by atoms with Crippen molar-refractivity contribution in [2.24, 2.45) is 0 Å². The molecule has 16 heavy (non-hydrogen) atoms. The number of hydrogen-bond acceptors (Lipinski definition) is 1. The van der Waals surface area contributed by atoms with E-state index in [0.29, 0.717) is 11.6 Å². The Bertz CT molecular complexity index is 409. The van der Waals surface area contributed by atoms with E-state index < -0.39 is 0 Å². The molecular weight excluding hydrogens is 218 g/mol. The van der Waals surface area contributed by atoms with Crippen LogP contribution in [0.25, 0.3) is 0 Å². The predicted octanol–water partition coefficient (Wildman–Crippen LogP) is 3.86. The Hall–Kier alpha value is -0.530. The van der Waals surface area contributed by atoms with Gasteiger partial charge in [0.1, 0.15) is 0 Å². The van der Waals surface area contributed by atoms with E-state index in [-0.39, 0.29) is 0 Å². The summed E-state index contributed by atoms with van der Waals surface area (Å²) in [5.41, 5.74) is 3.29. The third-order valence-electron chi connectivity index (χ3n) is 4.17. The number of halogens is 1. The molecule has 0 aromatic heterocycles. The zero-order chi connectivity index (χ0) is 11.2. The van der Waals surface area contributed by atoms with Crippen LogP contribution in [0, 0.1) is 0 Å². The molecule has 1 atom stereocenters. The van der Waals surface area contributed by atoms with Crippen molar-refractivity contribution in [3.05, 3.63) is 34.3 Å². The summed E-state index contributed by atoms with van der Waals surface area (Å²) in [5, 5.41) is 4.68. The summed E-state index contributed by atoms with van der Waals surface area (Å²) in [4.78, 5) is 0. The molecule has 1 saturated carbocycles. The number of nitrogens with one attached hydrogen (secondary N) is 1. The van der Waals surface area contributed by atoms with E-state index in [2.05, 4.69) is 24.4 Å². The molecule has 1 unspecified atom stereocenters. The fourth-order valence-corrected chi connectivity index (χ4v) is 3.18. The van der Waals surface area contributed by atoms with Gasteiger partial charge in [0.25, 0.3) is 0 Å². The number of fused-ring (bicyclic) bond motifs is 1. The molecule has 0 saturated heterocycles. The monoisotopic (exact) mass is 235 g/mol. The lowest BCUT2D eigenvalue weighted by Gasteiger charge is -2.42. The second kappa shape index (κ2) is 3.75. The van der Waals surface area contributed by atoms with Gasteiger partial charge in [-0.05, 0) is 62.3 Å². The van der Waals surface area contributed by atoms with Gasteiger partial charge in [0, 0.05) is 16.6 Å². The SMILES string of the molecule is CC1(NC2CCc3ccc(Cl)cc32)CCC1. The van der Waals surface area contributed by atoms with Crippen molar-refractivity contribution in [2.75, 3.05) is 0 Å². The second-order valence-corrected chi connectivity index (χ2v) is 5.93. The van der Waals surface area contributed by atoms with Gasteiger partial charge in [0.15, 0.2) is 0 Å². The largest absolute Gasteiger partial charge is 0.305 e. The summed E-state index contributed by atoms with van der Waals surface area (Å²) in [6.07, 6.45) is 6.43. The van der Waals surface area contributed by atoms with Crippen LogP contribution in [-0.4, -0.2) is 5.54 Å². The van der Waals surface area contributed by atoms with E-state index in [4.69, 9.17) is 11.6 Å². The fraction of sp³-hybridized carbons (Fsp3) is 0.571. The Balaban J connectivity index is 1.82. The molecule has 3 rings (SSSR count). The van der Waals surface area contributed by atoms with Gasteiger partial charge in [-0.2, -0.15) is 0 Å². The zero-order valence-electron chi connectivity index (χ0n) is 9.72. The van der Waals surface area contributed by atoms with Crippen LogP contribution < -0.4 is 5.32 Å². The van der Waals surface area contributed by atoms with Crippen LogP contribution in [0.2, 0.25) is 5.02 Å². The molecule has 1 aromatic rings. The molecule has 0 bridgehead atoms. The van der Waals surface area contributed by atoms with Crippen molar-refractivity contribution in [1.82, 2.24) is 5.32 Å². The van der Waals surface area contributed by atoms with Gasteiger partial charge in [-0.3, -0.25) is 0 Å². The van der Waals surface area contributed by atoms with Crippen LogP contribution in [-0.2, 0) is 6.42 Å². The van der Waals surface area contributed by atoms with Gasteiger partial charge in [0.2, 0.25) is 0 Å². The van der Waals surface area contributed by atoms with Crippen LogP contribution in [0.4, 0.5) is 0 Å². The Labute approximate surface area is 102 Å².